The van der Waals surface area contributed by atoms with Gasteiger partial charge in [0.1, 0.15) is 6.23 Å². The van der Waals surface area contributed by atoms with Gasteiger partial charge in [-0.1, -0.05) is 0 Å². The largest absolute Gasteiger partial charge is 0.370 e. The summed E-state index contributed by atoms with van der Waals surface area (Å²) >= 11 is 0. The summed E-state index contributed by atoms with van der Waals surface area (Å²) in [6, 6.07) is 0. The van der Waals surface area contributed by atoms with E-state index in [0.717, 1.165) is 0 Å². The van der Waals surface area contributed by atoms with E-state index in [-0.39, 0.29) is 12.6 Å². The Bertz CT molecular complexity index is 206. The van der Waals surface area contributed by atoms with Crippen molar-refractivity contribution < 1.29 is 18.8 Å². The van der Waals surface area contributed by atoms with E-state index in [4.69, 9.17) is 16.4 Å². The Balaban J connectivity index is 3.88. The van der Waals surface area contributed by atoms with Crippen molar-refractivity contribution in [3.8, 4) is 0 Å². The van der Waals surface area contributed by atoms with Crippen LogP contribution < -0.4 is 11.5 Å². The van der Waals surface area contributed by atoms with Gasteiger partial charge in [0.2, 0.25) is 5.91 Å². The second kappa shape index (κ2) is 4.57. The van der Waals surface area contributed by atoms with Gasteiger partial charge in [-0.2, -0.15) is 0 Å². The summed E-state index contributed by atoms with van der Waals surface area (Å²) in [5, 5.41) is 0. The van der Waals surface area contributed by atoms with Gasteiger partial charge in [0.05, 0.1) is 6.16 Å². The van der Waals surface area contributed by atoms with Crippen LogP contribution in [0.5, 0.6) is 0 Å². The Kier molecular flexibility index (Phi) is 4.41. The summed E-state index contributed by atoms with van der Waals surface area (Å²) in [6.45, 7) is 1.42. The summed E-state index contributed by atoms with van der Waals surface area (Å²) in [5.74, 6) is -0.641. The number of nitrogens with two attached hydrogens (primary N) is 2. The fourth-order valence-corrected chi connectivity index (χ4v) is 1.69. The molecule has 0 aliphatic rings. The average molecular weight is 196 g/mol. The van der Waals surface area contributed by atoms with Crippen molar-refractivity contribution in [3.05, 3.63) is 0 Å². The number of primary amides is 1. The maximum Gasteiger partial charge on any atom is 0.330 e. The quantitative estimate of drug-likeness (QED) is 0.400. The first-order valence-electron chi connectivity index (χ1n) is 3.37. The van der Waals surface area contributed by atoms with Crippen molar-refractivity contribution >= 4 is 13.5 Å². The molecule has 0 fully saturated rings. The molecule has 1 amide bonds. The molecule has 0 saturated heterocycles. The van der Waals surface area contributed by atoms with Crippen molar-refractivity contribution in [2.75, 3.05) is 6.16 Å². The van der Waals surface area contributed by atoms with E-state index in [1.165, 1.54) is 6.92 Å². The smallest absolute Gasteiger partial charge is 0.330 e. The van der Waals surface area contributed by atoms with Crippen LogP contribution in [0.15, 0.2) is 0 Å². The summed E-state index contributed by atoms with van der Waals surface area (Å²) in [4.78, 5) is 19.2. The van der Waals surface area contributed by atoms with Gasteiger partial charge in [0, 0.05) is 6.42 Å². The third-order valence-corrected chi connectivity index (χ3v) is 2.42. The first-order valence-corrected chi connectivity index (χ1v) is 5.14. The van der Waals surface area contributed by atoms with E-state index in [2.05, 4.69) is 4.52 Å². The predicted molar refractivity (Wildman–Crippen MR) is 43.2 cm³/mol. The minimum absolute atomic E-state index is 0.180. The first-order chi connectivity index (χ1) is 5.33. The monoisotopic (exact) mass is 196 g/mol. The maximum atomic E-state index is 11.0. The van der Waals surface area contributed by atoms with Gasteiger partial charge in [0.25, 0.3) is 0 Å². The number of hydrogen-bond acceptors (Lipinski definition) is 4. The molecule has 0 aliphatic heterocycles. The molecule has 0 heterocycles. The van der Waals surface area contributed by atoms with Crippen LogP contribution in [0.4, 0.5) is 0 Å². The molecule has 0 saturated carbocycles. The molecule has 0 aromatic carbocycles. The first kappa shape index (κ1) is 11.6. The highest BCUT2D eigenvalue weighted by Gasteiger charge is 2.21. The molecule has 0 aromatic rings. The molecule has 0 aliphatic carbocycles. The second-order valence-electron chi connectivity index (χ2n) is 2.39. The highest BCUT2D eigenvalue weighted by molar-refractivity contribution is 7.52. The van der Waals surface area contributed by atoms with E-state index in [1.807, 2.05) is 0 Å². The van der Waals surface area contributed by atoms with Crippen molar-refractivity contribution in [2.24, 2.45) is 11.5 Å². The third kappa shape index (κ3) is 6.30. The number of amides is 1. The zero-order valence-corrected chi connectivity index (χ0v) is 7.66. The zero-order valence-electron chi connectivity index (χ0n) is 6.77. The van der Waals surface area contributed by atoms with E-state index >= 15 is 0 Å². The molecule has 7 heteroatoms. The summed E-state index contributed by atoms with van der Waals surface area (Å²) in [7, 11) is -3.73. The van der Waals surface area contributed by atoms with E-state index in [1.54, 1.807) is 0 Å². The van der Waals surface area contributed by atoms with Crippen LogP contribution in [0.1, 0.15) is 13.3 Å². The number of hydrogen-bond donors (Lipinski definition) is 3. The highest BCUT2D eigenvalue weighted by atomic mass is 31.2. The van der Waals surface area contributed by atoms with Gasteiger partial charge in [-0.25, -0.2) is 0 Å². The van der Waals surface area contributed by atoms with E-state index < -0.39 is 19.7 Å². The molecule has 0 rings (SSSR count). The third-order valence-electron chi connectivity index (χ3n) is 0.972. The lowest BCUT2D eigenvalue weighted by atomic mass is 10.5. The lowest BCUT2D eigenvalue weighted by molar-refractivity contribution is -0.117. The Morgan fingerprint density at radius 3 is 2.58 bits per heavy atom. The molecular weight excluding hydrogens is 183 g/mol. The minimum atomic E-state index is -3.73. The molecule has 12 heavy (non-hydrogen) atoms. The van der Waals surface area contributed by atoms with Gasteiger partial charge < -0.3 is 16.4 Å². The van der Waals surface area contributed by atoms with Crippen molar-refractivity contribution in [1.82, 2.24) is 0 Å². The second-order valence-corrected chi connectivity index (χ2v) is 4.32. The molecule has 72 valence electrons. The van der Waals surface area contributed by atoms with Gasteiger partial charge in [0.15, 0.2) is 0 Å². The molecule has 0 spiro atoms. The molecule has 5 N–H and O–H groups in total. The number of carbonyl (C=O) groups is 1. The van der Waals surface area contributed by atoms with Gasteiger partial charge >= 0.3 is 7.60 Å². The van der Waals surface area contributed by atoms with Crippen LogP contribution in [-0.4, -0.2) is 23.2 Å². The summed E-state index contributed by atoms with van der Waals surface area (Å²) in [6.07, 6.45) is -1.29. The van der Waals surface area contributed by atoms with Gasteiger partial charge in [-0.3, -0.25) is 13.9 Å². The lowest BCUT2D eigenvalue weighted by Crippen LogP contribution is -2.19. The number of carbonyl (C=O) groups excluding carboxylic acids is 1. The van der Waals surface area contributed by atoms with Crippen LogP contribution in [0.2, 0.25) is 0 Å². The molecule has 6 nitrogen and oxygen atoms in total. The number of rotatable bonds is 5. The van der Waals surface area contributed by atoms with E-state index in [0.29, 0.717) is 0 Å². The van der Waals surface area contributed by atoms with Crippen molar-refractivity contribution in [1.29, 1.82) is 0 Å². The Morgan fingerprint density at radius 1 is 1.75 bits per heavy atom. The van der Waals surface area contributed by atoms with Crippen LogP contribution >= 0.6 is 7.60 Å². The summed E-state index contributed by atoms with van der Waals surface area (Å²) < 4.78 is 15.4. The Hall–Kier alpha value is -0.420. The molecule has 0 radical (unpaired) electrons. The topological polar surface area (TPSA) is 116 Å². The van der Waals surface area contributed by atoms with Crippen molar-refractivity contribution in [2.45, 2.75) is 19.6 Å². The molecule has 2 atom stereocenters. The van der Waals surface area contributed by atoms with Gasteiger partial charge in [-0.05, 0) is 6.92 Å². The fourth-order valence-electron chi connectivity index (χ4n) is 0.564. The molecule has 2 unspecified atom stereocenters. The fraction of sp³-hybridized carbons (Fsp3) is 0.800. The van der Waals surface area contributed by atoms with Crippen LogP contribution in [0, 0.1) is 0 Å². The van der Waals surface area contributed by atoms with Crippen LogP contribution in [0.25, 0.3) is 0 Å². The minimum Gasteiger partial charge on any atom is -0.370 e. The summed E-state index contributed by atoms with van der Waals surface area (Å²) in [5.41, 5.74) is 9.89. The van der Waals surface area contributed by atoms with Gasteiger partial charge in [-0.15, -0.1) is 0 Å². The highest BCUT2D eigenvalue weighted by Crippen LogP contribution is 2.42. The normalized spacial score (nSPS) is 18.2. The Labute approximate surface area is 70.4 Å². The predicted octanol–water partition coefficient (Wildman–Crippen LogP) is -0.632. The SMILES string of the molecule is CC(N)OP(=O)(O)CCC(N)=O. The maximum absolute atomic E-state index is 11.0. The molecule has 0 aromatic heterocycles. The van der Waals surface area contributed by atoms with Crippen LogP contribution in [0.3, 0.4) is 0 Å². The van der Waals surface area contributed by atoms with Crippen LogP contribution in [-0.2, 0) is 13.9 Å². The zero-order chi connectivity index (χ0) is 9.78. The molecule has 0 bridgehead atoms. The standard InChI is InChI=1S/C5H13N2O4P/c1-4(6)11-12(9,10)3-2-5(7)8/h4H,2-3,6H2,1H3,(H2,7,8)(H,9,10). The van der Waals surface area contributed by atoms with E-state index in [9.17, 15) is 9.36 Å². The van der Waals surface area contributed by atoms with Crippen molar-refractivity contribution in [3.63, 3.8) is 0 Å². The average Bonchev–Trinajstić information content (AvgIpc) is 1.81. The lowest BCUT2D eigenvalue weighted by Gasteiger charge is -2.13. The Morgan fingerprint density at radius 2 is 2.25 bits per heavy atom. The molecular formula is C5H13N2O4P.